The Bertz CT molecular complexity index is 1000. The van der Waals surface area contributed by atoms with Crippen LogP contribution in [0, 0.1) is 5.92 Å². The highest BCUT2D eigenvalue weighted by Gasteiger charge is 2.36. The van der Waals surface area contributed by atoms with Crippen molar-refractivity contribution < 1.29 is 23.9 Å². The van der Waals surface area contributed by atoms with E-state index in [4.69, 9.17) is 16.3 Å². The maximum absolute atomic E-state index is 12.5. The number of imide groups is 1. The number of esters is 1. The summed E-state index contributed by atoms with van der Waals surface area (Å²) in [6.45, 7) is 3.59. The summed E-state index contributed by atoms with van der Waals surface area (Å²) in [6.07, 6.45) is 0. The number of hydrogen-bond acceptors (Lipinski definition) is 5. The number of ether oxygens (including phenoxy) is 1. The van der Waals surface area contributed by atoms with E-state index in [1.807, 2.05) is 13.8 Å². The maximum atomic E-state index is 12.5. The summed E-state index contributed by atoms with van der Waals surface area (Å²) in [5, 5.41) is 2.90. The number of hydrogen-bond donors (Lipinski definition) is 1. The third-order valence-corrected chi connectivity index (χ3v) is 4.57. The molecule has 1 aliphatic rings. The standard InChI is InChI=1S/C21H19ClN2O5/c1-12(2)10-24-19(26)14-8-7-13(9-15(14)20(24)27)21(28)29-11-18(25)23-17-6-4-3-5-16(17)22/h3-9,12H,10-11H2,1-2H3,(H,23,25). The summed E-state index contributed by atoms with van der Waals surface area (Å²) in [5.74, 6) is -2.02. The molecule has 1 heterocycles. The minimum atomic E-state index is -0.773. The predicted molar refractivity (Wildman–Crippen MR) is 107 cm³/mol. The summed E-state index contributed by atoms with van der Waals surface area (Å²) in [4.78, 5) is 50.3. The SMILES string of the molecule is CC(C)CN1C(=O)c2ccc(C(=O)OCC(=O)Nc3ccccc3Cl)cc2C1=O. The molecule has 0 saturated heterocycles. The number of anilines is 1. The molecule has 0 atom stereocenters. The quantitative estimate of drug-likeness (QED) is 0.577. The van der Waals surface area contributed by atoms with E-state index in [-0.39, 0.29) is 28.5 Å². The van der Waals surface area contributed by atoms with Crippen molar-refractivity contribution in [1.82, 2.24) is 4.90 Å². The second-order valence-corrected chi connectivity index (χ2v) is 7.39. The Morgan fingerprint density at radius 1 is 1.07 bits per heavy atom. The van der Waals surface area contributed by atoms with E-state index < -0.39 is 24.4 Å². The molecule has 29 heavy (non-hydrogen) atoms. The van der Waals surface area contributed by atoms with E-state index in [9.17, 15) is 19.2 Å². The van der Waals surface area contributed by atoms with Gasteiger partial charge >= 0.3 is 5.97 Å². The van der Waals surface area contributed by atoms with Gasteiger partial charge in [0.1, 0.15) is 0 Å². The predicted octanol–water partition coefficient (Wildman–Crippen LogP) is 3.39. The first-order chi connectivity index (χ1) is 13.8. The summed E-state index contributed by atoms with van der Waals surface area (Å²) in [7, 11) is 0. The van der Waals surface area contributed by atoms with Gasteiger partial charge in [-0.25, -0.2) is 4.79 Å². The van der Waals surface area contributed by atoms with E-state index in [2.05, 4.69) is 5.32 Å². The number of fused-ring (bicyclic) bond motifs is 1. The molecule has 0 aliphatic carbocycles. The summed E-state index contributed by atoms with van der Waals surface area (Å²) in [5.41, 5.74) is 0.901. The van der Waals surface area contributed by atoms with E-state index in [0.717, 1.165) is 0 Å². The zero-order valence-electron chi connectivity index (χ0n) is 15.9. The zero-order chi connectivity index (χ0) is 21.1. The van der Waals surface area contributed by atoms with Gasteiger partial charge in [-0.1, -0.05) is 37.6 Å². The third-order valence-electron chi connectivity index (χ3n) is 4.24. The number of para-hydroxylation sites is 1. The Hall–Kier alpha value is -3.19. The van der Waals surface area contributed by atoms with E-state index in [1.165, 1.54) is 23.1 Å². The van der Waals surface area contributed by atoms with Crippen LogP contribution in [-0.2, 0) is 9.53 Å². The Morgan fingerprint density at radius 3 is 2.45 bits per heavy atom. The van der Waals surface area contributed by atoms with E-state index >= 15 is 0 Å². The number of nitrogens with zero attached hydrogens (tertiary/aromatic N) is 1. The topological polar surface area (TPSA) is 92.8 Å². The van der Waals surface area contributed by atoms with Crippen molar-refractivity contribution in [2.24, 2.45) is 5.92 Å². The maximum Gasteiger partial charge on any atom is 0.338 e. The van der Waals surface area contributed by atoms with Gasteiger partial charge in [-0.3, -0.25) is 19.3 Å². The van der Waals surface area contributed by atoms with Gasteiger partial charge in [-0.2, -0.15) is 0 Å². The summed E-state index contributed by atoms with van der Waals surface area (Å²) >= 11 is 5.96. The van der Waals surface area contributed by atoms with Crippen molar-refractivity contribution in [3.05, 3.63) is 64.2 Å². The molecule has 0 spiro atoms. The molecule has 7 nitrogen and oxygen atoms in total. The minimum Gasteiger partial charge on any atom is -0.452 e. The average molecular weight is 415 g/mol. The fraction of sp³-hybridized carbons (Fsp3) is 0.238. The molecule has 1 aliphatic heterocycles. The van der Waals surface area contributed by atoms with Crippen LogP contribution in [0.15, 0.2) is 42.5 Å². The van der Waals surface area contributed by atoms with Crippen LogP contribution in [0.1, 0.15) is 44.9 Å². The Balaban J connectivity index is 1.65. The van der Waals surface area contributed by atoms with Crippen LogP contribution in [-0.4, -0.2) is 41.7 Å². The average Bonchev–Trinajstić information content (AvgIpc) is 2.92. The number of carbonyl (C=O) groups excluding carboxylic acids is 4. The summed E-state index contributed by atoms with van der Waals surface area (Å²) < 4.78 is 5.01. The smallest absolute Gasteiger partial charge is 0.338 e. The molecular weight excluding hydrogens is 396 g/mol. The Kier molecular flexibility index (Phi) is 5.98. The molecule has 3 amide bonds. The Morgan fingerprint density at radius 2 is 1.76 bits per heavy atom. The highest BCUT2D eigenvalue weighted by atomic mass is 35.5. The Labute approximate surface area is 172 Å². The lowest BCUT2D eigenvalue weighted by Gasteiger charge is -2.15. The summed E-state index contributed by atoms with van der Waals surface area (Å²) in [6, 6.07) is 10.8. The first-order valence-electron chi connectivity index (χ1n) is 8.99. The van der Waals surface area contributed by atoms with Crippen LogP contribution >= 0.6 is 11.6 Å². The molecule has 3 rings (SSSR count). The van der Waals surface area contributed by atoms with E-state index in [0.29, 0.717) is 17.3 Å². The van der Waals surface area contributed by atoms with Crippen LogP contribution in [0.4, 0.5) is 5.69 Å². The van der Waals surface area contributed by atoms with Gasteiger partial charge in [0.05, 0.1) is 27.4 Å². The fourth-order valence-corrected chi connectivity index (χ4v) is 3.09. The van der Waals surface area contributed by atoms with Crippen molar-refractivity contribution in [1.29, 1.82) is 0 Å². The number of halogens is 1. The zero-order valence-corrected chi connectivity index (χ0v) is 16.7. The van der Waals surface area contributed by atoms with Crippen molar-refractivity contribution in [2.75, 3.05) is 18.5 Å². The van der Waals surface area contributed by atoms with Crippen molar-refractivity contribution in [3.63, 3.8) is 0 Å². The molecule has 0 radical (unpaired) electrons. The first-order valence-corrected chi connectivity index (χ1v) is 9.37. The molecular formula is C21H19ClN2O5. The highest BCUT2D eigenvalue weighted by molar-refractivity contribution is 6.33. The van der Waals surface area contributed by atoms with Gasteiger partial charge in [0, 0.05) is 6.54 Å². The number of amides is 3. The molecule has 0 fully saturated rings. The molecule has 0 aromatic heterocycles. The highest BCUT2D eigenvalue weighted by Crippen LogP contribution is 2.25. The van der Waals surface area contributed by atoms with Gasteiger partial charge in [-0.05, 0) is 36.2 Å². The van der Waals surface area contributed by atoms with Crippen molar-refractivity contribution in [3.8, 4) is 0 Å². The normalized spacial score (nSPS) is 12.9. The van der Waals surface area contributed by atoms with Gasteiger partial charge in [0.15, 0.2) is 6.61 Å². The number of nitrogens with one attached hydrogen (secondary N) is 1. The lowest BCUT2D eigenvalue weighted by Crippen LogP contribution is -2.33. The third kappa shape index (κ3) is 4.46. The second-order valence-electron chi connectivity index (χ2n) is 6.98. The van der Waals surface area contributed by atoms with Crippen molar-refractivity contribution >= 4 is 41.0 Å². The first kappa shape index (κ1) is 20.5. The molecule has 150 valence electrons. The fourth-order valence-electron chi connectivity index (χ4n) is 2.91. The van der Waals surface area contributed by atoms with Crippen molar-refractivity contribution in [2.45, 2.75) is 13.8 Å². The van der Waals surface area contributed by atoms with Crippen LogP contribution in [0.5, 0.6) is 0 Å². The molecule has 0 bridgehead atoms. The van der Waals surface area contributed by atoms with Crippen LogP contribution < -0.4 is 5.32 Å². The lowest BCUT2D eigenvalue weighted by molar-refractivity contribution is -0.119. The van der Waals surface area contributed by atoms with Gasteiger partial charge in [0.25, 0.3) is 17.7 Å². The van der Waals surface area contributed by atoms with Crippen LogP contribution in [0.3, 0.4) is 0 Å². The molecule has 2 aromatic carbocycles. The monoisotopic (exact) mass is 414 g/mol. The second kappa shape index (κ2) is 8.45. The largest absolute Gasteiger partial charge is 0.452 e. The molecule has 0 unspecified atom stereocenters. The number of benzene rings is 2. The molecule has 2 aromatic rings. The van der Waals surface area contributed by atoms with E-state index in [1.54, 1.807) is 24.3 Å². The molecule has 1 N–H and O–H groups in total. The number of rotatable bonds is 6. The van der Waals surface area contributed by atoms with Gasteiger partial charge < -0.3 is 10.1 Å². The van der Waals surface area contributed by atoms with Crippen LogP contribution in [0.25, 0.3) is 0 Å². The molecule has 0 saturated carbocycles. The molecule has 8 heteroatoms. The van der Waals surface area contributed by atoms with Crippen LogP contribution in [0.2, 0.25) is 5.02 Å². The lowest BCUT2D eigenvalue weighted by atomic mass is 10.1. The minimum absolute atomic E-state index is 0.0850. The van der Waals surface area contributed by atoms with Gasteiger partial charge in [0.2, 0.25) is 0 Å². The van der Waals surface area contributed by atoms with Gasteiger partial charge in [-0.15, -0.1) is 0 Å². The number of carbonyl (C=O) groups is 4.